The smallest absolute Gasteiger partial charge is 0.294 e. The first-order valence-corrected chi connectivity index (χ1v) is 5.22. The van der Waals surface area contributed by atoms with Crippen LogP contribution in [0.15, 0.2) is 34.1 Å². The van der Waals surface area contributed by atoms with Crippen molar-refractivity contribution in [2.24, 2.45) is 0 Å². The van der Waals surface area contributed by atoms with Gasteiger partial charge in [-0.1, -0.05) is 0 Å². The van der Waals surface area contributed by atoms with Crippen LogP contribution in [-0.4, -0.2) is 23.2 Å². The molecule has 0 aromatic rings. The van der Waals surface area contributed by atoms with E-state index < -0.39 is 20.8 Å². The average Bonchev–Trinajstić information content (AvgIpc) is 2.02. The van der Waals surface area contributed by atoms with Crippen molar-refractivity contribution in [3.8, 4) is 0 Å². The summed E-state index contributed by atoms with van der Waals surface area (Å²) in [6.07, 6.45) is 1.72. The van der Waals surface area contributed by atoms with Gasteiger partial charge in [-0.25, -0.2) is 0 Å². The Morgan fingerprint density at radius 2 is 2.07 bits per heavy atom. The van der Waals surface area contributed by atoms with Crippen molar-refractivity contribution in [2.75, 3.05) is 0 Å². The Morgan fingerprint density at radius 1 is 1.50 bits per heavy atom. The topological polar surface area (TPSA) is 94.8 Å². The third kappa shape index (κ3) is 1.97. The Hall–Kier alpha value is -1.27. The Labute approximate surface area is 81.4 Å². The highest BCUT2D eigenvalue weighted by molar-refractivity contribution is 7.89. The van der Waals surface area contributed by atoms with Gasteiger partial charge in [-0.2, -0.15) is 8.42 Å². The quantitative estimate of drug-likeness (QED) is 0.457. The maximum absolute atomic E-state index is 10.8. The monoisotopic (exact) mass is 218 g/mol. The van der Waals surface area contributed by atoms with Crippen LogP contribution in [0.2, 0.25) is 0 Å². The molecule has 0 aliphatic heterocycles. The first kappa shape index (κ1) is 10.8. The summed E-state index contributed by atoms with van der Waals surface area (Å²) < 4.78 is 30.3. The summed E-state index contributed by atoms with van der Waals surface area (Å²) in [5.74, 6) is -0.490. The predicted molar refractivity (Wildman–Crippen MR) is 50.3 cm³/mol. The zero-order chi connectivity index (χ0) is 10.9. The number of hydrogen-bond donors (Lipinski definition) is 3. The van der Waals surface area contributed by atoms with E-state index in [2.05, 4.69) is 0 Å². The predicted octanol–water partition coefficient (Wildman–Crippen LogP) is 1.44. The highest BCUT2D eigenvalue weighted by atomic mass is 32.2. The van der Waals surface area contributed by atoms with Crippen LogP contribution in [-0.2, 0) is 10.1 Å². The van der Waals surface area contributed by atoms with E-state index in [-0.39, 0.29) is 6.42 Å². The van der Waals surface area contributed by atoms with Crippen molar-refractivity contribution in [1.29, 1.82) is 0 Å². The van der Waals surface area contributed by atoms with Crippen LogP contribution in [0.1, 0.15) is 13.3 Å². The highest BCUT2D eigenvalue weighted by Gasteiger charge is 2.24. The second-order valence-electron chi connectivity index (χ2n) is 2.94. The van der Waals surface area contributed by atoms with Gasteiger partial charge in [0.2, 0.25) is 0 Å². The minimum absolute atomic E-state index is 0.205. The average molecular weight is 218 g/mol. The number of hydrogen-bond acceptors (Lipinski definition) is 4. The van der Waals surface area contributed by atoms with Gasteiger partial charge < -0.3 is 10.2 Å². The van der Waals surface area contributed by atoms with E-state index in [4.69, 9.17) is 9.66 Å². The van der Waals surface area contributed by atoms with Crippen molar-refractivity contribution in [3.05, 3.63) is 34.1 Å². The minimum atomic E-state index is -4.41. The van der Waals surface area contributed by atoms with Gasteiger partial charge in [0.1, 0.15) is 10.7 Å². The second-order valence-corrected chi connectivity index (χ2v) is 4.38. The largest absolute Gasteiger partial charge is 0.515 e. The van der Waals surface area contributed by atoms with Crippen LogP contribution in [0, 0.1) is 0 Å². The van der Waals surface area contributed by atoms with Crippen LogP contribution >= 0.6 is 0 Å². The maximum atomic E-state index is 10.8. The molecule has 0 saturated heterocycles. The van der Waals surface area contributed by atoms with Crippen molar-refractivity contribution in [1.82, 2.24) is 0 Å². The summed E-state index contributed by atoms with van der Waals surface area (Å²) in [5.41, 5.74) is 0.896. The summed E-state index contributed by atoms with van der Waals surface area (Å²) in [6.45, 7) is 1.61. The second kappa shape index (κ2) is 3.47. The molecule has 0 radical (unpaired) electrons. The van der Waals surface area contributed by atoms with E-state index in [1.165, 1.54) is 6.08 Å². The molecule has 14 heavy (non-hydrogen) atoms. The molecule has 0 fully saturated rings. The van der Waals surface area contributed by atoms with Gasteiger partial charge in [-0.3, -0.25) is 4.55 Å². The van der Waals surface area contributed by atoms with Gasteiger partial charge in [-0.15, -0.1) is 0 Å². The van der Waals surface area contributed by atoms with Gasteiger partial charge in [0.05, 0.1) is 6.26 Å². The summed E-state index contributed by atoms with van der Waals surface area (Å²) in [6, 6.07) is 0. The molecular weight excluding hydrogens is 208 g/mol. The van der Waals surface area contributed by atoms with E-state index >= 15 is 0 Å². The lowest BCUT2D eigenvalue weighted by atomic mass is 10.00. The number of allylic oxidation sites excluding steroid dienone is 4. The molecule has 0 aromatic carbocycles. The van der Waals surface area contributed by atoms with Crippen LogP contribution in [0.3, 0.4) is 0 Å². The van der Waals surface area contributed by atoms with E-state index in [1.54, 1.807) is 6.92 Å². The minimum Gasteiger partial charge on any atom is -0.515 e. The number of aliphatic hydroxyl groups excluding tert-OH is 2. The van der Waals surface area contributed by atoms with E-state index in [0.29, 0.717) is 11.1 Å². The van der Waals surface area contributed by atoms with Crippen molar-refractivity contribution < 1.29 is 23.2 Å². The van der Waals surface area contributed by atoms with Gasteiger partial charge >= 0.3 is 0 Å². The van der Waals surface area contributed by atoms with E-state index in [1.807, 2.05) is 0 Å². The molecule has 1 aliphatic carbocycles. The van der Waals surface area contributed by atoms with Crippen LogP contribution in [0.5, 0.6) is 0 Å². The van der Waals surface area contributed by atoms with Crippen molar-refractivity contribution in [3.63, 3.8) is 0 Å². The summed E-state index contributed by atoms with van der Waals surface area (Å²) in [5, 5.41) is 18.0. The molecule has 3 N–H and O–H groups in total. The van der Waals surface area contributed by atoms with Crippen LogP contribution in [0.4, 0.5) is 0 Å². The van der Waals surface area contributed by atoms with E-state index in [9.17, 15) is 13.5 Å². The number of rotatable bonds is 1. The molecule has 0 unspecified atom stereocenters. The third-order valence-electron chi connectivity index (χ3n) is 1.96. The Morgan fingerprint density at radius 3 is 2.50 bits per heavy atom. The first-order valence-electron chi connectivity index (χ1n) is 3.77. The SMILES string of the molecule is CC1=CC(O)=C(S(=O)(=O)O)CC1=CO. The zero-order valence-electron chi connectivity index (χ0n) is 7.43. The van der Waals surface area contributed by atoms with Gasteiger partial charge in [-0.05, 0) is 24.1 Å². The van der Waals surface area contributed by atoms with Gasteiger partial charge in [0, 0.05) is 6.42 Å². The fraction of sp³-hybridized carbons (Fsp3) is 0.250. The lowest BCUT2D eigenvalue weighted by Gasteiger charge is -2.14. The molecule has 78 valence electrons. The molecule has 6 heteroatoms. The summed E-state index contributed by atoms with van der Waals surface area (Å²) >= 11 is 0. The van der Waals surface area contributed by atoms with Gasteiger partial charge in [0.25, 0.3) is 10.1 Å². The summed E-state index contributed by atoms with van der Waals surface area (Å²) in [7, 11) is -4.41. The fourth-order valence-electron chi connectivity index (χ4n) is 1.15. The molecule has 0 bridgehead atoms. The third-order valence-corrected chi connectivity index (χ3v) is 2.94. The zero-order valence-corrected chi connectivity index (χ0v) is 8.24. The normalized spacial score (nSPS) is 21.3. The molecule has 0 saturated carbocycles. The lowest BCUT2D eigenvalue weighted by Crippen LogP contribution is -2.10. The fourth-order valence-corrected chi connectivity index (χ4v) is 1.81. The molecule has 1 aliphatic rings. The Kier molecular flexibility index (Phi) is 2.68. The number of aliphatic hydroxyl groups is 2. The lowest BCUT2D eigenvalue weighted by molar-refractivity contribution is 0.418. The molecule has 1 rings (SSSR count). The maximum Gasteiger partial charge on any atom is 0.294 e. The van der Waals surface area contributed by atoms with Crippen LogP contribution < -0.4 is 0 Å². The Bertz CT molecular complexity index is 438. The van der Waals surface area contributed by atoms with Crippen LogP contribution in [0.25, 0.3) is 0 Å². The summed E-state index contributed by atoms with van der Waals surface area (Å²) in [4.78, 5) is -0.497. The molecule has 0 heterocycles. The first-order chi connectivity index (χ1) is 6.36. The Balaban J connectivity index is 3.29. The van der Waals surface area contributed by atoms with Crippen molar-refractivity contribution in [2.45, 2.75) is 13.3 Å². The van der Waals surface area contributed by atoms with E-state index in [0.717, 1.165) is 6.26 Å². The standard InChI is InChI=1S/C8H10O5S/c1-5-2-7(10)8(14(11,12)13)3-6(5)4-9/h2,4,9-10H,3H2,1H3,(H,11,12,13). The molecular formula is C8H10O5S. The van der Waals surface area contributed by atoms with Crippen molar-refractivity contribution >= 4 is 10.1 Å². The molecule has 0 amide bonds. The van der Waals surface area contributed by atoms with Gasteiger partial charge in [0.15, 0.2) is 0 Å². The molecule has 0 atom stereocenters. The molecule has 0 spiro atoms. The molecule has 0 aromatic heterocycles. The highest BCUT2D eigenvalue weighted by Crippen LogP contribution is 2.29. The molecule has 5 nitrogen and oxygen atoms in total.